The summed E-state index contributed by atoms with van der Waals surface area (Å²) in [5, 5.41) is 2.15. The van der Waals surface area contributed by atoms with Crippen molar-refractivity contribution >= 4 is 11.9 Å². The van der Waals surface area contributed by atoms with Crippen LogP contribution < -0.4 is 5.32 Å². The minimum absolute atomic E-state index is 0.0553. The van der Waals surface area contributed by atoms with Crippen LogP contribution in [0.5, 0.6) is 0 Å². The van der Waals surface area contributed by atoms with Crippen LogP contribution in [0, 0.1) is 0 Å². The van der Waals surface area contributed by atoms with E-state index in [0.717, 1.165) is 12.2 Å². The topological polar surface area (TPSA) is 64.6 Å². The Kier molecular flexibility index (Phi) is 8.30. The maximum atomic E-state index is 11.9. The zero-order valence-electron chi connectivity index (χ0n) is 10.7. The molecule has 0 bridgehead atoms. The molecule has 1 unspecified atom stereocenters. The van der Waals surface area contributed by atoms with E-state index in [4.69, 9.17) is 4.74 Å². The summed E-state index contributed by atoms with van der Waals surface area (Å²) in [6.07, 6.45) is -3.28. The third kappa shape index (κ3) is 10.1. The van der Waals surface area contributed by atoms with Crippen LogP contribution in [0.2, 0.25) is 0 Å². The summed E-state index contributed by atoms with van der Waals surface area (Å²) in [5.41, 5.74) is 0. The fourth-order valence-electron chi connectivity index (χ4n) is 1.12. The SMILES string of the molecule is C=CC(=O)OCC(CCNCC(F)(F)F)OC(=O)C=C. The Balaban J connectivity index is 4.16. The molecule has 0 aromatic carbocycles. The van der Waals surface area contributed by atoms with E-state index in [1.165, 1.54) is 0 Å². The molecule has 0 heterocycles. The largest absolute Gasteiger partial charge is 0.459 e. The second-order valence-corrected chi connectivity index (χ2v) is 3.68. The molecule has 20 heavy (non-hydrogen) atoms. The van der Waals surface area contributed by atoms with Crippen LogP contribution >= 0.6 is 0 Å². The van der Waals surface area contributed by atoms with Crippen molar-refractivity contribution in [3.8, 4) is 0 Å². The van der Waals surface area contributed by atoms with Gasteiger partial charge in [-0.1, -0.05) is 13.2 Å². The molecule has 0 saturated carbocycles. The summed E-state index contributed by atoms with van der Waals surface area (Å²) in [6.45, 7) is 4.90. The number of hydrogen-bond donors (Lipinski definition) is 1. The van der Waals surface area contributed by atoms with Crippen LogP contribution in [-0.4, -0.2) is 43.9 Å². The smallest absolute Gasteiger partial charge is 0.401 e. The predicted molar refractivity (Wildman–Crippen MR) is 64.8 cm³/mol. The van der Waals surface area contributed by atoms with Crippen LogP contribution in [0.1, 0.15) is 6.42 Å². The highest BCUT2D eigenvalue weighted by Gasteiger charge is 2.26. The number of ether oxygens (including phenoxy) is 2. The van der Waals surface area contributed by atoms with Gasteiger partial charge in [0.2, 0.25) is 0 Å². The minimum atomic E-state index is -4.32. The van der Waals surface area contributed by atoms with E-state index < -0.39 is 30.8 Å². The molecule has 8 heteroatoms. The molecule has 5 nitrogen and oxygen atoms in total. The highest BCUT2D eigenvalue weighted by atomic mass is 19.4. The number of hydrogen-bond acceptors (Lipinski definition) is 5. The minimum Gasteiger partial charge on any atom is -0.459 e. The normalized spacial score (nSPS) is 12.3. The first-order valence-electron chi connectivity index (χ1n) is 5.68. The quantitative estimate of drug-likeness (QED) is 0.395. The van der Waals surface area contributed by atoms with Crippen LogP contribution in [-0.2, 0) is 19.1 Å². The molecule has 0 aliphatic heterocycles. The van der Waals surface area contributed by atoms with Crippen molar-refractivity contribution in [2.75, 3.05) is 19.7 Å². The molecule has 1 atom stereocenters. The van der Waals surface area contributed by atoms with Gasteiger partial charge in [0.25, 0.3) is 0 Å². The first-order chi connectivity index (χ1) is 9.28. The van der Waals surface area contributed by atoms with Gasteiger partial charge < -0.3 is 14.8 Å². The van der Waals surface area contributed by atoms with Gasteiger partial charge in [-0.15, -0.1) is 0 Å². The monoisotopic (exact) mass is 295 g/mol. The first-order valence-corrected chi connectivity index (χ1v) is 5.68. The Labute approximate surface area is 114 Å². The van der Waals surface area contributed by atoms with Crippen molar-refractivity contribution in [3.05, 3.63) is 25.3 Å². The molecule has 0 aliphatic carbocycles. The van der Waals surface area contributed by atoms with Crippen LogP contribution in [0.25, 0.3) is 0 Å². The number of alkyl halides is 3. The molecular formula is C12H16F3NO4. The van der Waals surface area contributed by atoms with E-state index in [1.54, 1.807) is 0 Å². The van der Waals surface area contributed by atoms with Crippen molar-refractivity contribution in [2.24, 2.45) is 0 Å². The molecule has 0 aliphatic rings. The van der Waals surface area contributed by atoms with Gasteiger partial charge in [0.15, 0.2) is 0 Å². The van der Waals surface area contributed by atoms with Gasteiger partial charge >= 0.3 is 18.1 Å². The summed E-state index contributed by atoms with van der Waals surface area (Å²) < 4.78 is 45.2. The summed E-state index contributed by atoms with van der Waals surface area (Å²) in [6, 6.07) is 0. The van der Waals surface area contributed by atoms with E-state index in [9.17, 15) is 22.8 Å². The van der Waals surface area contributed by atoms with E-state index in [-0.39, 0.29) is 19.6 Å². The van der Waals surface area contributed by atoms with Crippen LogP contribution in [0.4, 0.5) is 13.2 Å². The number of rotatable bonds is 9. The molecule has 0 spiro atoms. The standard InChI is InChI=1S/C12H16F3NO4/c1-3-10(17)19-7-9(20-11(18)4-2)5-6-16-8-12(13,14)15/h3-4,9,16H,1-2,5-8H2. The summed E-state index contributed by atoms with van der Waals surface area (Å²) in [4.78, 5) is 21.9. The Morgan fingerprint density at radius 1 is 1.20 bits per heavy atom. The Hall–Kier alpha value is -1.83. The van der Waals surface area contributed by atoms with Crippen LogP contribution in [0.3, 0.4) is 0 Å². The third-order valence-corrected chi connectivity index (χ3v) is 2.00. The molecular weight excluding hydrogens is 279 g/mol. The average Bonchev–Trinajstić information content (AvgIpc) is 2.38. The molecule has 0 aromatic rings. The number of carbonyl (C=O) groups is 2. The lowest BCUT2D eigenvalue weighted by molar-refractivity contribution is -0.153. The van der Waals surface area contributed by atoms with Crippen molar-refractivity contribution in [2.45, 2.75) is 18.7 Å². The Morgan fingerprint density at radius 2 is 1.80 bits per heavy atom. The van der Waals surface area contributed by atoms with Gasteiger partial charge in [-0.3, -0.25) is 0 Å². The average molecular weight is 295 g/mol. The fraction of sp³-hybridized carbons (Fsp3) is 0.500. The Bertz CT molecular complexity index is 355. The summed E-state index contributed by atoms with van der Waals surface area (Å²) in [7, 11) is 0. The molecule has 0 amide bonds. The Morgan fingerprint density at radius 3 is 2.30 bits per heavy atom. The summed E-state index contributed by atoms with van der Waals surface area (Å²) in [5.74, 6) is -1.46. The lowest BCUT2D eigenvalue weighted by Gasteiger charge is -2.17. The number of esters is 2. The van der Waals surface area contributed by atoms with Crippen LogP contribution in [0.15, 0.2) is 25.3 Å². The maximum absolute atomic E-state index is 11.9. The molecule has 1 N–H and O–H groups in total. The molecule has 114 valence electrons. The fourth-order valence-corrected chi connectivity index (χ4v) is 1.12. The van der Waals surface area contributed by atoms with Crippen molar-refractivity contribution in [1.29, 1.82) is 0 Å². The second kappa shape index (κ2) is 9.13. The second-order valence-electron chi connectivity index (χ2n) is 3.68. The van der Waals surface area contributed by atoms with E-state index in [2.05, 4.69) is 23.2 Å². The highest BCUT2D eigenvalue weighted by Crippen LogP contribution is 2.12. The molecule has 0 aromatic heterocycles. The van der Waals surface area contributed by atoms with E-state index in [0.29, 0.717) is 0 Å². The van der Waals surface area contributed by atoms with Gasteiger partial charge in [-0.25, -0.2) is 9.59 Å². The molecule has 0 fully saturated rings. The predicted octanol–water partition coefficient (Wildman–Crippen LogP) is 1.36. The van der Waals surface area contributed by atoms with Gasteiger partial charge in [0.05, 0.1) is 6.54 Å². The van der Waals surface area contributed by atoms with Crippen molar-refractivity contribution < 1.29 is 32.2 Å². The zero-order chi connectivity index (χ0) is 15.6. The van der Waals surface area contributed by atoms with Gasteiger partial charge in [-0.2, -0.15) is 13.2 Å². The lowest BCUT2D eigenvalue weighted by Crippen LogP contribution is -2.33. The number of halogens is 3. The lowest BCUT2D eigenvalue weighted by atomic mass is 10.2. The first kappa shape index (κ1) is 18.2. The number of nitrogens with one attached hydrogen (secondary N) is 1. The van der Waals surface area contributed by atoms with E-state index in [1.807, 2.05) is 0 Å². The van der Waals surface area contributed by atoms with Crippen molar-refractivity contribution in [3.63, 3.8) is 0 Å². The molecule has 0 saturated heterocycles. The van der Waals surface area contributed by atoms with Gasteiger partial charge in [0.1, 0.15) is 12.7 Å². The van der Waals surface area contributed by atoms with E-state index >= 15 is 0 Å². The zero-order valence-corrected chi connectivity index (χ0v) is 10.7. The molecule has 0 radical (unpaired) electrons. The van der Waals surface area contributed by atoms with Gasteiger partial charge in [-0.05, 0) is 6.54 Å². The maximum Gasteiger partial charge on any atom is 0.401 e. The molecule has 0 rings (SSSR count). The van der Waals surface area contributed by atoms with Gasteiger partial charge in [0, 0.05) is 18.6 Å². The summed E-state index contributed by atoms with van der Waals surface area (Å²) >= 11 is 0. The number of carbonyl (C=O) groups excluding carboxylic acids is 2. The van der Waals surface area contributed by atoms with Crippen molar-refractivity contribution in [1.82, 2.24) is 5.32 Å². The highest BCUT2D eigenvalue weighted by molar-refractivity contribution is 5.82. The third-order valence-electron chi connectivity index (χ3n) is 2.00.